The molecule has 0 atom stereocenters. The predicted octanol–water partition coefficient (Wildman–Crippen LogP) is 4.92. The molecule has 10 heteroatoms. The molecule has 4 rings (SSSR count). The van der Waals surface area contributed by atoms with Crippen LogP contribution < -0.4 is 5.56 Å². The van der Waals surface area contributed by atoms with Crippen molar-refractivity contribution in [3.63, 3.8) is 0 Å². The highest BCUT2D eigenvalue weighted by molar-refractivity contribution is 7.99. The van der Waals surface area contributed by atoms with E-state index in [9.17, 15) is 18.0 Å². The van der Waals surface area contributed by atoms with Crippen molar-refractivity contribution in [1.82, 2.24) is 19.1 Å². The monoisotopic (exact) mass is 428 g/mol. The molecule has 28 heavy (non-hydrogen) atoms. The van der Waals surface area contributed by atoms with Crippen molar-refractivity contribution in [2.45, 2.75) is 36.9 Å². The van der Waals surface area contributed by atoms with Gasteiger partial charge >= 0.3 is 6.18 Å². The van der Waals surface area contributed by atoms with Crippen LogP contribution in [0.2, 0.25) is 5.15 Å². The number of rotatable bonds is 4. The molecule has 0 saturated heterocycles. The summed E-state index contributed by atoms with van der Waals surface area (Å²) in [6, 6.07) is 3.98. The number of aromatic nitrogens is 4. The number of fused-ring (bicyclic) bond motifs is 1. The van der Waals surface area contributed by atoms with Crippen LogP contribution >= 0.6 is 23.4 Å². The molecule has 1 aliphatic carbocycles. The lowest BCUT2D eigenvalue weighted by molar-refractivity contribution is -0.144. The van der Waals surface area contributed by atoms with E-state index in [0.717, 1.165) is 21.3 Å². The molecule has 3 heterocycles. The SMILES string of the molecule is CCSc1ccc(Cl)nc1-c1nc2cc(C(F)(F)F)n(C3CC3)c(=O)c2n1C. The fraction of sp³-hybridized carbons (Fsp3) is 0.389. The molecule has 0 spiro atoms. The first-order valence-corrected chi connectivity index (χ1v) is 10.1. The van der Waals surface area contributed by atoms with Crippen molar-refractivity contribution in [3.05, 3.63) is 39.4 Å². The Morgan fingerprint density at radius 2 is 2.00 bits per heavy atom. The van der Waals surface area contributed by atoms with Crippen molar-refractivity contribution < 1.29 is 13.2 Å². The summed E-state index contributed by atoms with van der Waals surface area (Å²) in [6.07, 6.45) is -3.51. The summed E-state index contributed by atoms with van der Waals surface area (Å²) in [5.41, 5.74) is -1.06. The van der Waals surface area contributed by atoms with Crippen LogP contribution in [0.4, 0.5) is 13.2 Å². The Morgan fingerprint density at radius 3 is 2.61 bits per heavy atom. The summed E-state index contributed by atoms with van der Waals surface area (Å²) < 4.78 is 43.1. The topological polar surface area (TPSA) is 52.7 Å². The molecule has 1 aliphatic rings. The van der Waals surface area contributed by atoms with Gasteiger partial charge in [0.2, 0.25) is 0 Å². The van der Waals surface area contributed by atoms with Crippen LogP contribution in [-0.2, 0) is 13.2 Å². The highest BCUT2D eigenvalue weighted by Crippen LogP contribution is 2.40. The van der Waals surface area contributed by atoms with Crippen LogP contribution in [0.15, 0.2) is 27.9 Å². The minimum atomic E-state index is -4.63. The van der Waals surface area contributed by atoms with Gasteiger partial charge in [-0.1, -0.05) is 18.5 Å². The first-order valence-electron chi connectivity index (χ1n) is 8.71. The first kappa shape index (κ1) is 19.3. The van der Waals surface area contributed by atoms with Crippen molar-refractivity contribution in [3.8, 4) is 11.5 Å². The molecule has 1 saturated carbocycles. The number of thioether (sulfide) groups is 1. The van der Waals surface area contributed by atoms with Crippen molar-refractivity contribution >= 4 is 34.4 Å². The van der Waals surface area contributed by atoms with E-state index in [-0.39, 0.29) is 16.2 Å². The molecule has 0 unspecified atom stereocenters. The van der Waals surface area contributed by atoms with Crippen molar-refractivity contribution in [2.75, 3.05) is 5.75 Å². The van der Waals surface area contributed by atoms with E-state index in [1.54, 1.807) is 19.2 Å². The smallest absolute Gasteiger partial charge is 0.321 e. The lowest BCUT2D eigenvalue weighted by atomic mass is 10.2. The van der Waals surface area contributed by atoms with E-state index in [4.69, 9.17) is 11.6 Å². The summed E-state index contributed by atoms with van der Waals surface area (Å²) in [6.45, 7) is 1.97. The molecule has 148 valence electrons. The van der Waals surface area contributed by atoms with E-state index in [2.05, 4.69) is 9.97 Å². The Hall–Kier alpha value is -2.00. The Morgan fingerprint density at radius 1 is 1.29 bits per heavy atom. The quantitative estimate of drug-likeness (QED) is 0.437. The number of pyridine rings is 2. The summed E-state index contributed by atoms with van der Waals surface area (Å²) in [5, 5.41) is 0.244. The average molecular weight is 429 g/mol. The van der Waals surface area contributed by atoms with Crippen LogP contribution in [0.3, 0.4) is 0 Å². The molecule has 0 radical (unpaired) electrons. The zero-order valence-corrected chi connectivity index (χ0v) is 16.6. The van der Waals surface area contributed by atoms with Crippen LogP contribution in [0.5, 0.6) is 0 Å². The fourth-order valence-electron chi connectivity index (χ4n) is 3.28. The van der Waals surface area contributed by atoms with Gasteiger partial charge in [0.15, 0.2) is 5.82 Å². The van der Waals surface area contributed by atoms with Crippen molar-refractivity contribution in [2.24, 2.45) is 7.05 Å². The number of imidazole rings is 1. The normalized spacial score (nSPS) is 14.8. The van der Waals surface area contributed by atoms with Gasteiger partial charge in [0, 0.05) is 18.0 Å². The molecular formula is C18H16ClF3N4OS. The lowest BCUT2D eigenvalue weighted by Crippen LogP contribution is -2.28. The third-order valence-corrected chi connectivity index (χ3v) is 5.75. The van der Waals surface area contributed by atoms with E-state index in [0.29, 0.717) is 24.4 Å². The van der Waals surface area contributed by atoms with Gasteiger partial charge in [0.05, 0.1) is 5.52 Å². The summed E-state index contributed by atoms with van der Waals surface area (Å²) in [7, 11) is 1.61. The zero-order chi connectivity index (χ0) is 20.2. The third-order valence-electron chi connectivity index (χ3n) is 4.61. The number of alkyl halides is 3. The van der Waals surface area contributed by atoms with Gasteiger partial charge in [-0.05, 0) is 36.8 Å². The lowest BCUT2D eigenvalue weighted by Gasteiger charge is -2.15. The third kappa shape index (κ3) is 3.20. The maximum Gasteiger partial charge on any atom is 0.431 e. The molecule has 0 aliphatic heterocycles. The predicted molar refractivity (Wildman–Crippen MR) is 103 cm³/mol. The van der Waals surface area contributed by atoms with Gasteiger partial charge in [-0.15, -0.1) is 11.8 Å². The van der Waals surface area contributed by atoms with E-state index in [1.807, 2.05) is 6.92 Å². The molecule has 1 fully saturated rings. The van der Waals surface area contributed by atoms with E-state index < -0.39 is 23.5 Å². The number of aryl methyl sites for hydroxylation is 1. The largest absolute Gasteiger partial charge is 0.431 e. The van der Waals surface area contributed by atoms with Crippen molar-refractivity contribution in [1.29, 1.82) is 0 Å². The zero-order valence-electron chi connectivity index (χ0n) is 15.0. The van der Waals surface area contributed by atoms with Gasteiger partial charge < -0.3 is 4.57 Å². The molecule has 0 N–H and O–H groups in total. The Bertz CT molecular complexity index is 1130. The molecule has 0 amide bonds. The van der Waals surface area contributed by atoms with Crippen LogP contribution in [0, 0.1) is 0 Å². The van der Waals surface area contributed by atoms with Gasteiger partial charge in [-0.25, -0.2) is 9.97 Å². The van der Waals surface area contributed by atoms with Gasteiger partial charge in [-0.2, -0.15) is 13.2 Å². The second-order valence-corrected chi connectivity index (χ2v) is 8.27. The second-order valence-electron chi connectivity index (χ2n) is 6.58. The number of nitrogens with zero attached hydrogens (tertiary/aromatic N) is 4. The van der Waals surface area contributed by atoms with Crippen LogP contribution in [0.1, 0.15) is 31.5 Å². The molecule has 3 aromatic rings. The molecule has 0 aromatic carbocycles. The molecule has 3 aromatic heterocycles. The number of hydrogen-bond acceptors (Lipinski definition) is 4. The Kier molecular flexibility index (Phi) is 4.70. The van der Waals surface area contributed by atoms with Gasteiger partial charge in [-0.3, -0.25) is 9.36 Å². The minimum Gasteiger partial charge on any atom is -0.321 e. The Labute approximate surface area is 167 Å². The highest BCUT2D eigenvalue weighted by atomic mass is 35.5. The average Bonchev–Trinajstić information content (AvgIpc) is 3.39. The molecular weight excluding hydrogens is 413 g/mol. The van der Waals surface area contributed by atoms with Crippen LogP contribution in [0.25, 0.3) is 22.6 Å². The van der Waals surface area contributed by atoms with Gasteiger partial charge in [0.1, 0.15) is 22.1 Å². The van der Waals surface area contributed by atoms with Gasteiger partial charge in [0.25, 0.3) is 5.56 Å². The first-order chi connectivity index (χ1) is 13.2. The maximum atomic E-state index is 13.6. The summed E-state index contributed by atoms with van der Waals surface area (Å²) in [5.74, 6) is 1.08. The highest BCUT2D eigenvalue weighted by Gasteiger charge is 2.40. The molecule has 5 nitrogen and oxygen atoms in total. The minimum absolute atomic E-state index is 0.000879. The standard InChI is InChI=1S/C18H16ClF3N4OS/c1-3-28-11-6-7-13(19)24-14(11)16-23-10-8-12(18(20,21)22)26(9-4-5-9)17(27)15(10)25(16)2/h6-9H,3-5H2,1-2H3. The van der Waals surface area contributed by atoms with E-state index in [1.165, 1.54) is 16.3 Å². The number of hydrogen-bond donors (Lipinski definition) is 0. The Balaban J connectivity index is 2.02. The summed E-state index contributed by atoms with van der Waals surface area (Å²) >= 11 is 7.55. The summed E-state index contributed by atoms with van der Waals surface area (Å²) in [4.78, 5) is 22.4. The molecule has 0 bridgehead atoms. The van der Waals surface area contributed by atoms with Crippen LogP contribution in [-0.4, -0.2) is 24.9 Å². The maximum absolute atomic E-state index is 13.6. The second kappa shape index (κ2) is 6.81. The number of halogens is 4. The van der Waals surface area contributed by atoms with E-state index >= 15 is 0 Å². The fourth-order valence-corrected chi connectivity index (χ4v) is 4.17.